The van der Waals surface area contributed by atoms with Crippen LogP contribution >= 0.6 is 0 Å². The molecule has 2 N–H and O–H groups in total. The van der Waals surface area contributed by atoms with Gasteiger partial charge in [0.25, 0.3) is 0 Å². The fraction of sp³-hybridized carbons (Fsp3) is 0.588. The summed E-state index contributed by atoms with van der Waals surface area (Å²) in [7, 11) is 0. The van der Waals surface area contributed by atoms with Gasteiger partial charge in [0.15, 0.2) is 0 Å². The third kappa shape index (κ3) is 3.38. The standard InChI is InChI=1S/C17H24N2O2/c1-12-15(10-13-6-2-3-8-16(13)19-12)17(20)18-11-14-7-4-5-9-21-14/h2-3,6,8,12,14-15,19H,4-5,7,9-11H2,1H3,(H,18,20). The zero-order chi connectivity index (χ0) is 14.7. The van der Waals surface area contributed by atoms with Crippen molar-refractivity contribution in [2.45, 2.75) is 44.8 Å². The predicted octanol–water partition coefficient (Wildman–Crippen LogP) is 2.34. The Morgan fingerprint density at radius 3 is 3.05 bits per heavy atom. The van der Waals surface area contributed by atoms with Crippen molar-refractivity contribution in [1.29, 1.82) is 0 Å². The van der Waals surface area contributed by atoms with Crippen molar-refractivity contribution in [3.63, 3.8) is 0 Å². The Labute approximate surface area is 126 Å². The average Bonchev–Trinajstić information content (AvgIpc) is 2.53. The van der Waals surface area contributed by atoms with Crippen molar-refractivity contribution in [1.82, 2.24) is 5.32 Å². The van der Waals surface area contributed by atoms with Gasteiger partial charge in [0, 0.05) is 24.9 Å². The number of benzene rings is 1. The van der Waals surface area contributed by atoms with Crippen molar-refractivity contribution in [2.24, 2.45) is 5.92 Å². The van der Waals surface area contributed by atoms with Crippen molar-refractivity contribution in [3.8, 4) is 0 Å². The first-order valence-corrected chi connectivity index (χ1v) is 7.98. The van der Waals surface area contributed by atoms with E-state index in [2.05, 4.69) is 29.7 Å². The van der Waals surface area contributed by atoms with Crippen LogP contribution in [0.3, 0.4) is 0 Å². The number of hydrogen-bond donors (Lipinski definition) is 2. The maximum absolute atomic E-state index is 12.5. The number of rotatable bonds is 3. The molecule has 0 bridgehead atoms. The maximum Gasteiger partial charge on any atom is 0.225 e. The third-order valence-electron chi connectivity index (χ3n) is 4.56. The van der Waals surface area contributed by atoms with Crippen LogP contribution in [-0.4, -0.2) is 31.2 Å². The van der Waals surface area contributed by atoms with Crippen LogP contribution in [0.1, 0.15) is 31.7 Å². The molecule has 4 nitrogen and oxygen atoms in total. The molecule has 3 atom stereocenters. The number of para-hydroxylation sites is 1. The molecule has 2 aliphatic rings. The fourth-order valence-electron chi connectivity index (χ4n) is 3.23. The van der Waals surface area contributed by atoms with E-state index in [1.807, 2.05) is 12.1 Å². The van der Waals surface area contributed by atoms with Gasteiger partial charge in [-0.15, -0.1) is 0 Å². The number of nitrogens with one attached hydrogen (secondary N) is 2. The minimum atomic E-state index is -0.0107. The molecule has 0 spiro atoms. The second kappa shape index (κ2) is 6.48. The molecule has 0 radical (unpaired) electrons. The van der Waals surface area contributed by atoms with E-state index in [0.717, 1.165) is 31.6 Å². The highest BCUT2D eigenvalue weighted by molar-refractivity contribution is 5.81. The number of ether oxygens (including phenoxy) is 1. The molecule has 0 aromatic heterocycles. The molecule has 1 aromatic rings. The van der Waals surface area contributed by atoms with Gasteiger partial charge in [-0.25, -0.2) is 0 Å². The van der Waals surface area contributed by atoms with Gasteiger partial charge in [0.05, 0.1) is 12.0 Å². The summed E-state index contributed by atoms with van der Waals surface area (Å²) in [5.74, 6) is 0.127. The fourth-order valence-corrected chi connectivity index (χ4v) is 3.23. The van der Waals surface area contributed by atoms with Crippen molar-refractivity contribution >= 4 is 11.6 Å². The highest BCUT2D eigenvalue weighted by Gasteiger charge is 2.30. The van der Waals surface area contributed by atoms with E-state index in [1.165, 1.54) is 12.0 Å². The molecule has 0 aliphatic carbocycles. The molecule has 114 valence electrons. The van der Waals surface area contributed by atoms with Crippen LogP contribution in [0.15, 0.2) is 24.3 Å². The summed E-state index contributed by atoms with van der Waals surface area (Å²) in [6.45, 7) is 3.55. The van der Waals surface area contributed by atoms with E-state index in [-0.39, 0.29) is 24.0 Å². The second-order valence-electron chi connectivity index (χ2n) is 6.13. The Morgan fingerprint density at radius 1 is 1.38 bits per heavy atom. The molecule has 21 heavy (non-hydrogen) atoms. The quantitative estimate of drug-likeness (QED) is 0.897. The Hall–Kier alpha value is -1.55. The zero-order valence-electron chi connectivity index (χ0n) is 12.6. The van der Waals surface area contributed by atoms with Crippen LogP contribution in [0.25, 0.3) is 0 Å². The van der Waals surface area contributed by atoms with Crippen LogP contribution in [0, 0.1) is 5.92 Å². The maximum atomic E-state index is 12.5. The number of carbonyl (C=O) groups excluding carboxylic acids is 1. The minimum absolute atomic E-state index is 0.0107. The molecule has 2 aliphatic heterocycles. The SMILES string of the molecule is CC1Nc2ccccc2CC1C(=O)NCC1CCCCO1. The smallest absolute Gasteiger partial charge is 0.225 e. The number of carbonyl (C=O) groups is 1. The number of hydrogen-bond acceptors (Lipinski definition) is 3. The lowest BCUT2D eigenvalue weighted by Gasteiger charge is -2.32. The largest absolute Gasteiger partial charge is 0.382 e. The van der Waals surface area contributed by atoms with Gasteiger partial charge in [-0.05, 0) is 44.2 Å². The average molecular weight is 288 g/mol. The molecule has 4 heteroatoms. The summed E-state index contributed by atoms with van der Waals surface area (Å²) >= 11 is 0. The minimum Gasteiger partial charge on any atom is -0.382 e. The van der Waals surface area contributed by atoms with Gasteiger partial charge in [0.2, 0.25) is 5.91 Å². The lowest BCUT2D eigenvalue weighted by Crippen LogP contribution is -2.45. The van der Waals surface area contributed by atoms with E-state index < -0.39 is 0 Å². The molecule has 3 unspecified atom stereocenters. The van der Waals surface area contributed by atoms with Crippen molar-refractivity contribution in [3.05, 3.63) is 29.8 Å². The third-order valence-corrected chi connectivity index (χ3v) is 4.56. The first-order valence-electron chi connectivity index (χ1n) is 7.98. The van der Waals surface area contributed by atoms with E-state index in [1.54, 1.807) is 0 Å². The Bertz CT molecular complexity index is 497. The summed E-state index contributed by atoms with van der Waals surface area (Å²) in [6, 6.07) is 8.39. The molecular weight excluding hydrogens is 264 g/mol. The monoisotopic (exact) mass is 288 g/mol. The molecule has 1 saturated heterocycles. The second-order valence-corrected chi connectivity index (χ2v) is 6.13. The first-order chi connectivity index (χ1) is 10.2. The van der Waals surface area contributed by atoms with Crippen molar-refractivity contribution < 1.29 is 9.53 Å². The molecule has 1 aromatic carbocycles. The van der Waals surface area contributed by atoms with Gasteiger partial charge in [0.1, 0.15) is 0 Å². The van der Waals surface area contributed by atoms with Crippen molar-refractivity contribution in [2.75, 3.05) is 18.5 Å². The highest BCUT2D eigenvalue weighted by atomic mass is 16.5. The summed E-state index contributed by atoms with van der Waals surface area (Å²) < 4.78 is 5.67. The topological polar surface area (TPSA) is 50.4 Å². The lowest BCUT2D eigenvalue weighted by molar-refractivity contribution is -0.126. The van der Waals surface area contributed by atoms with Crippen LogP contribution in [0.4, 0.5) is 5.69 Å². The molecule has 3 rings (SSSR count). The molecule has 1 amide bonds. The van der Waals surface area contributed by atoms with E-state index in [4.69, 9.17) is 4.74 Å². The Morgan fingerprint density at radius 2 is 2.24 bits per heavy atom. The number of anilines is 1. The van der Waals surface area contributed by atoms with Crippen LogP contribution in [0.2, 0.25) is 0 Å². The molecule has 2 heterocycles. The summed E-state index contributed by atoms with van der Waals surface area (Å²) in [5.41, 5.74) is 2.38. The lowest BCUT2D eigenvalue weighted by atomic mass is 9.87. The van der Waals surface area contributed by atoms with E-state index >= 15 is 0 Å². The van der Waals surface area contributed by atoms with Gasteiger partial charge in [-0.1, -0.05) is 18.2 Å². The summed E-state index contributed by atoms with van der Waals surface area (Å²) in [6.07, 6.45) is 4.41. The molecular formula is C17H24N2O2. The number of fused-ring (bicyclic) bond motifs is 1. The first kappa shape index (κ1) is 14.4. The normalized spacial score (nSPS) is 28.3. The van der Waals surface area contributed by atoms with Gasteiger partial charge in [-0.3, -0.25) is 4.79 Å². The van der Waals surface area contributed by atoms with Gasteiger partial charge in [-0.2, -0.15) is 0 Å². The van der Waals surface area contributed by atoms with Crippen LogP contribution in [0.5, 0.6) is 0 Å². The zero-order valence-corrected chi connectivity index (χ0v) is 12.6. The predicted molar refractivity (Wildman–Crippen MR) is 83.3 cm³/mol. The van der Waals surface area contributed by atoms with E-state index in [0.29, 0.717) is 6.54 Å². The van der Waals surface area contributed by atoms with Gasteiger partial charge < -0.3 is 15.4 Å². The summed E-state index contributed by atoms with van der Waals surface area (Å²) in [5, 5.41) is 6.52. The summed E-state index contributed by atoms with van der Waals surface area (Å²) in [4.78, 5) is 12.5. The van der Waals surface area contributed by atoms with Crippen LogP contribution < -0.4 is 10.6 Å². The molecule has 1 fully saturated rings. The van der Waals surface area contributed by atoms with Crippen LogP contribution in [-0.2, 0) is 16.0 Å². The Balaban J connectivity index is 1.57. The Kier molecular flexibility index (Phi) is 4.44. The van der Waals surface area contributed by atoms with Gasteiger partial charge >= 0.3 is 0 Å². The molecule has 0 saturated carbocycles. The highest BCUT2D eigenvalue weighted by Crippen LogP contribution is 2.28. The van der Waals surface area contributed by atoms with E-state index in [9.17, 15) is 4.79 Å². The number of amides is 1.